The van der Waals surface area contributed by atoms with Gasteiger partial charge in [-0.1, -0.05) is 6.42 Å². The minimum Gasteiger partial charge on any atom is -0.359 e. The van der Waals surface area contributed by atoms with E-state index in [1.165, 1.54) is 31.9 Å². The molecule has 0 aromatic carbocycles. The summed E-state index contributed by atoms with van der Waals surface area (Å²) in [5.41, 5.74) is 0. The van der Waals surface area contributed by atoms with E-state index in [2.05, 4.69) is 17.2 Å². The first-order valence-electron chi connectivity index (χ1n) is 6.50. The first kappa shape index (κ1) is 11.9. The average molecular weight is 267 g/mol. The third-order valence-corrected chi connectivity index (χ3v) is 5.34. The molecule has 6 heteroatoms. The van der Waals surface area contributed by atoms with E-state index in [9.17, 15) is 10.1 Å². The molecule has 18 heavy (non-hydrogen) atoms. The number of nitrogens with one attached hydrogen (secondary N) is 1. The lowest BCUT2D eigenvalue weighted by molar-refractivity contribution is -0.380. The van der Waals surface area contributed by atoms with Crippen LogP contribution in [-0.4, -0.2) is 15.9 Å². The van der Waals surface area contributed by atoms with Crippen LogP contribution in [-0.2, 0) is 0 Å². The fourth-order valence-electron chi connectivity index (χ4n) is 3.62. The van der Waals surface area contributed by atoms with Crippen LogP contribution in [0.15, 0.2) is 6.20 Å². The van der Waals surface area contributed by atoms with E-state index in [0.717, 1.165) is 23.2 Å². The minimum atomic E-state index is -0.384. The molecule has 98 valence electrons. The highest BCUT2D eigenvalue weighted by atomic mass is 32.1. The molecule has 3 rings (SSSR count). The number of hydrogen-bond donors (Lipinski definition) is 1. The van der Waals surface area contributed by atoms with Crippen molar-refractivity contribution in [1.82, 2.24) is 4.98 Å². The molecule has 2 bridgehead atoms. The van der Waals surface area contributed by atoms with Crippen LogP contribution in [0.1, 0.15) is 32.6 Å². The molecule has 2 aliphatic rings. The fourth-order valence-corrected chi connectivity index (χ4v) is 4.35. The smallest absolute Gasteiger partial charge is 0.345 e. The van der Waals surface area contributed by atoms with Gasteiger partial charge < -0.3 is 5.32 Å². The van der Waals surface area contributed by atoms with Gasteiger partial charge in [0.2, 0.25) is 0 Å². The predicted molar refractivity (Wildman–Crippen MR) is 70.8 cm³/mol. The molecule has 2 aliphatic carbocycles. The molecule has 0 amide bonds. The predicted octanol–water partition coefficient (Wildman–Crippen LogP) is 3.29. The zero-order chi connectivity index (χ0) is 12.7. The number of aromatic nitrogens is 1. The van der Waals surface area contributed by atoms with Crippen molar-refractivity contribution < 1.29 is 4.92 Å². The topological polar surface area (TPSA) is 68.1 Å². The second kappa shape index (κ2) is 4.50. The Labute approximate surface area is 110 Å². The van der Waals surface area contributed by atoms with Crippen molar-refractivity contribution in [2.45, 2.75) is 38.6 Å². The van der Waals surface area contributed by atoms with Gasteiger partial charge in [0, 0.05) is 6.04 Å². The van der Waals surface area contributed by atoms with Crippen molar-refractivity contribution in [1.29, 1.82) is 0 Å². The van der Waals surface area contributed by atoms with Gasteiger partial charge in [0.1, 0.15) is 6.20 Å². The van der Waals surface area contributed by atoms with Gasteiger partial charge in [-0.25, -0.2) is 4.98 Å². The Morgan fingerprint density at radius 1 is 1.56 bits per heavy atom. The van der Waals surface area contributed by atoms with E-state index in [1.54, 1.807) is 0 Å². The maximum atomic E-state index is 10.6. The number of thiazole rings is 1. The molecule has 1 aromatic heterocycles. The Balaban J connectivity index is 1.63. The van der Waals surface area contributed by atoms with Gasteiger partial charge in [0.05, 0.1) is 4.92 Å². The Morgan fingerprint density at radius 2 is 2.39 bits per heavy atom. The summed E-state index contributed by atoms with van der Waals surface area (Å²) in [5.74, 6) is 2.49. The highest BCUT2D eigenvalue weighted by molar-refractivity contribution is 7.18. The summed E-state index contributed by atoms with van der Waals surface area (Å²) in [6.07, 6.45) is 6.79. The largest absolute Gasteiger partial charge is 0.359 e. The molecule has 2 saturated carbocycles. The Hall–Kier alpha value is -1.17. The fraction of sp³-hybridized carbons (Fsp3) is 0.750. The van der Waals surface area contributed by atoms with Gasteiger partial charge in [0.15, 0.2) is 5.13 Å². The summed E-state index contributed by atoms with van der Waals surface area (Å²) >= 11 is 1.13. The lowest BCUT2D eigenvalue weighted by Gasteiger charge is -2.28. The van der Waals surface area contributed by atoms with Gasteiger partial charge in [-0.3, -0.25) is 10.1 Å². The highest BCUT2D eigenvalue weighted by Gasteiger charge is 2.41. The van der Waals surface area contributed by atoms with E-state index in [0.29, 0.717) is 17.1 Å². The first-order valence-corrected chi connectivity index (χ1v) is 7.32. The summed E-state index contributed by atoms with van der Waals surface area (Å²) in [6.45, 7) is 2.18. The van der Waals surface area contributed by atoms with Crippen LogP contribution in [0.4, 0.5) is 10.1 Å². The third kappa shape index (κ3) is 2.09. The monoisotopic (exact) mass is 267 g/mol. The second-order valence-electron chi connectivity index (χ2n) is 5.53. The van der Waals surface area contributed by atoms with Crippen LogP contribution in [0.3, 0.4) is 0 Å². The molecule has 4 atom stereocenters. The number of anilines is 1. The Kier molecular flexibility index (Phi) is 2.97. The molecule has 0 radical (unpaired) electrons. The van der Waals surface area contributed by atoms with Crippen LogP contribution >= 0.6 is 11.3 Å². The number of nitrogens with zero attached hydrogens (tertiary/aromatic N) is 2. The minimum absolute atomic E-state index is 0.109. The molecule has 0 unspecified atom stereocenters. The van der Waals surface area contributed by atoms with Crippen LogP contribution < -0.4 is 5.32 Å². The van der Waals surface area contributed by atoms with Crippen molar-refractivity contribution in [2.75, 3.05) is 5.32 Å². The normalized spacial score (nSPS) is 31.5. The van der Waals surface area contributed by atoms with Gasteiger partial charge >= 0.3 is 5.00 Å². The van der Waals surface area contributed by atoms with Crippen LogP contribution in [0.25, 0.3) is 0 Å². The van der Waals surface area contributed by atoms with E-state index in [-0.39, 0.29) is 9.92 Å². The Morgan fingerprint density at radius 3 is 2.94 bits per heavy atom. The highest BCUT2D eigenvalue weighted by Crippen LogP contribution is 2.50. The van der Waals surface area contributed by atoms with Gasteiger partial charge in [0.25, 0.3) is 0 Å². The molecule has 1 N–H and O–H groups in total. The zero-order valence-electron chi connectivity index (χ0n) is 10.3. The van der Waals surface area contributed by atoms with Crippen LogP contribution in [0.2, 0.25) is 0 Å². The second-order valence-corrected chi connectivity index (χ2v) is 6.54. The standard InChI is InChI=1S/C12H17N3O2S/c1-7(10-5-8-2-3-9(10)4-8)14-12-13-6-11(18-12)15(16)17/h6-10H,2-5H2,1H3,(H,13,14)/t7-,8+,9+,10+/m1/s1. The van der Waals surface area contributed by atoms with Crippen molar-refractivity contribution >= 4 is 21.5 Å². The zero-order valence-corrected chi connectivity index (χ0v) is 11.2. The molecule has 2 fully saturated rings. The van der Waals surface area contributed by atoms with E-state index in [1.807, 2.05) is 0 Å². The van der Waals surface area contributed by atoms with Crippen LogP contribution in [0.5, 0.6) is 0 Å². The van der Waals surface area contributed by atoms with Crippen molar-refractivity contribution in [2.24, 2.45) is 17.8 Å². The molecule has 0 saturated heterocycles. The molecule has 1 aromatic rings. The SMILES string of the molecule is C[C@@H](Nc1ncc([N+](=O)[O-])s1)[C@@H]1C[C@H]2CC[C@H]1C2. The quantitative estimate of drug-likeness (QED) is 0.671. The third-order valence-electron chi connectivity index (χ3n) is 4.46. The molecule has 1 heterocycles. The number of fused-ring (bicyclic) bond motifs is 2. The average Bonchev–Trinajstić information content (AvgIpc) is 3.03. The summed E-state index contributed by atoms with van der Waals surface area (Å²) in [4.78, 5) is 14.3. The van der Waals surface area contributed by atoms with E-state index in [4.69, 9.17) is 0 Å². The van der Waals surface area contributed by atoms with E-state index >= 15 is 0 Å². The van der Waals surface area contributed by atoms with Crippen molar-refractivity contribution in [3.63, 3.8) is 0 Å². The summed E-state index contributed by atoms with van der Waals surface area (Å²) in [5, 5.41) is 14.7. The lowest BCUT2D eigenvalue weighted by atomic mass is 9.84. The first-order chi connectivity index (χ1) is 8.63. The summed E-state index contributed by atoms with van der Waals surface area (Å²) in [6, 6.07) is 0.367. The Bertz CT molecular complexity index is 462. The maximum absolute atomic E-state index is 10.6. The number of rotatable bonds is 4. The molecule has 0 spiro atoms. The van der Waals surface area contributed by atoms with E-state index < -0.39 is 0 Å². The van der Waals surface area contributed by atoms with Gasteiger partial charge in [-0.05, 0) is 55.3 Å². The van der Waals surface area contributed by atoms with Gasteiger partial charge in [-0.15, -0.1) is 0 Å². The molecular formula is C12H17N3O2S. The molecular weight excluding hydrogens is 250 g/mol. The summed E-state index contributed by atoms with van der Waals surface area (Å²) < 4.78 is 0. The van der Waals surface area contributed by atoms with Crippen molar-refractivity contribution in [3.05, 3.63) is 16.3 Å². The number of hydrogen-bond acceptors (Lipinski definition) is 5. The lowest BCUT2D eigenvalue weighted by Crippen LogP contribution is -2.29. The van der Waals surface area contributed by atoms with Crippen molar-refractivity contribution in [3.8, 4) is 0 Å². The number of nitro groups is 1. The van der Waals surface area contributed by atoms with Crippen LogP contribution in [0, 0.1) is 27.9 Å². The van der Waals surface area contributed by atoms with Gasteiger partial charge in [-0.2, -0.15) is 0 Å². The molecule has 5 nitrogen and oxygen atoms in total. The summed E-state index contributed by atoms with van der Waals surface area (Å²) in [7, 11) is 0. The maximum Gasteiger partial charge on any atom is 0.345 e. The molecule has 0 aliphatic heterocycles.